The molecular weight excluding hydrogens is 388 g/mol. The largest absolute Gasteiger partial charge is 0.495 e. The van der Waals surface area contributed by atoms with E-state index < -0.39 is 0 Å². The molecule has 0 saturated carbocycles. The fourth-order valence-corrected chi connectivity index (χ4v) is 3.54. The van der Waals surface area contributed by atoms with E-state index in [2.05, 4.69) is 15.5 Å². The number of amides is 1. The molecule has 3 rings (SSSR count). The van der Waals surface area contributed by atoms with E-state index in [9.17, 15) is 4.79 Å². The number of aryl methyl sites for hydroxylation is 1. The second kappa shape index (κ2) is 8.06. The molecule has 0 saturated heterocycles. The minimum Gasteiger partial charge on any atom is -0.495 e. The first-order valence-corrected chi connectivity index (χ1v) is 9.41. The van der Waals surface area contributed by atoms with Crippen molar-refractivity contribution in [2.24, 2.45) is 7.05 Å². The molecule has 0 radical (unpaired) electrons. The number of nitrogens with one attached hydrogen (secondary N) is 1. The van der Waals surface area contributed by atoms with E-state index in [-0.39, 0.29) is 11.2 Å². The van der Waals surface area contributed by atoms with Crippen LogP contribution in [-0.2, 0) is 11.8 Å². The molecule has 0 aliphatic rings. The molecule has 1 aromatic carbocycles. The molecule has 0 aliphatic heterocycles. The SMILES string of the molecule is COc1ccc(NC(=O)C(C)Sc2nnc(-c3ccoc3C)n2C)cc1Cl. The smallest absolute Gasteiger partial charge is 0.237 e. The van der Waals surface area contributed by atoms with Crippen LogP contribution in [0.5, 0.6) is 5.75 Å². The summed E-state index contributed by atoms with van der Waals surface area (Å²) in [7, 11) is 3.40. The van der Waals surface area contributed by atoms with Gasteiger partial charge in [-0.2, -0.15) is 0 Å². The number of carbonyl (C=O) groups is 1. The maximum absolute atomic E-state index is 12.5. The van der Waals surface area contributed by atoms with Gasteiger partial charge in [0.15, 0.2) is 11.0 Å². The monoisotopic (exact) mass is 406 g/mol. The van der Waals surface area contributed by atoms with Gasteiger partial charge in [-0.15, -0.1) is 10.2 Å². The predicted octanol–water partition coefficient (Wildman–Crippen LogP) is 4.16. The Hall–Kier alpha value is -2.45. The van der Waals surface area contributed by atoms with Crippen LogP contribution in [0.4, 0.5) is 5.69 Å². The highest BCUT2D eigenvalue weighted by Crippen LogP contribution is 2.30. The van der Waals surface area contributed by atoms with E-state index in [4.69, 9.17) is 20.8 Å². The van der Waals surface area contributed by atoms with Crippen molar-refractivity contribution in [3.05, 3.63) is 41.3 Å². The van der Waals surface area contributed by atoms with Crippen LogP contribution in [0.2, 0.25) is 5.02 Å². The lowest BCUT2D eigenvalue weighted by atomic mass is 10.2. The third kappa shape index (κ3) is 4.12. The number of aromatic nitrogens is 3. The Bertz CT molecular complexity index is 969. The van der Waals surface area contributed by atoms with E-state index in [0.717, 1.165) is 11.3 Å². The van der Waals surface area contributed by atoms with Crippen molar-refractivity contribution >= 4 is 35.0 Å². The summed E-state index contributed by atoms with van der Waals surface area (Å²) in [6.45, 7) is 3.68. The number of rotatable bonds is 6. The van der Waals surface area contributed by atoms with Crippen LogP contribution in [0.15, 0.2) is 40.1 Å². The lowest BCUT2D eigenvalue weighted by Crippen LogP contribution is -2.22. The highest BCUT2D eigenvalue weighted by atomic mass is 35.5. The normalized spacial score (nSPS) is 12.0. The van der Waals surface area contributed by atoms with Crippen molar-refractivity contribution < 1.29 is 13.9 Å². The molecule has 0 bridgehead atoms. The Morgan fingerprint density at radius 3 is 2.78 bits per heavy atom. The zero-order chi connectivity index (χ0) is 19.6. The molecule has 2 aromatic heterocycles. The van der Waals surface area contributed by atoms with Gasteiger partial charge in [0.1, 0.15) is 11.5 Å². The Balaban J connectivity index is 1.69. The summed E-state index contributed by atoms with van der Waals surface area (Å²) in [5.74, 6) is 1.85. The molecule has 7 nitrogen and oxygen atoms in total. The maximum Gasteiger partial charge on any atom is 0.237 e. The van der Waals surface area contributed by atoms with Crippen molar-refractivity contribution in [3.63, 3.8) is 0 Å². The molecule has 142 valence electrons. The Morgan fingerprint density at radius 2 is 2.15 bits per heavy atom. The van der Waals surface area contributed by atoms with Crippen LogP contribution in [0.1, 0.15) is 12.7 Å². The molecule has 0 aliphatic carbocycles. The summed E-state index contributed by atoms with van der Waals surface area (Å²) >= 11 is 7.42. The van der Waals surface area contributed by atoms with Gasteiger partial charge in [-0.3, -0.25) is 4.79 Å². The summed E-state index contributed by atoms with van der Waals surface area (Å²) in [6.07, 6.45) is 1.61. The third-order valence-corrected chi connectivity index (χ3v) is 5.43. The topological polar surface area (TPSA) is 82.2 Å². The van der Waals surface area contributed by atoms with Crippen LogP contribution in [-0.4, -0.2) is 33.0 Å². The number of anilines is 1. The van der Waals surface area contributed by atoms with Crippen LogP contribution in [0.3, 0.4) is 0 Å². The van der Waals surface area contributed by atoms with Crippen LogP contribution in [0, 0.1) is 6.92 Å². The lowest BCUT2D eigenvalue weighted by Gasteiger charge is -2.12. The van der Waals surface area contributed by atoms with Crippen LogP contribution in [0.25, 0.3) is 11.4 Å². The van der Waals surface area contributed by atoms with Crippen molar-refractivity contribution in [1.82, 2.24) is 14.8 Å². The second-order valence-electron chi connectivity index (χ2n) is 5.85. The third-order valence-electron chi connectivity index (χ3n) is 4.01. The summed E-state index contributed by atoms with van der Waals surface area (Å²) in [5, 5.41) is 11.9. The van der Waals surface area contributed by atoms with Gasteiger partial charge in [-0.25, -0.2) is 0 Å². The first-order valence-electron chi connectivity index (χ1n) is 8.15. The van der Waals surface area contributed by atoms with E-state index in [1.165, 1.54) is 11.8 Å². The summed E-state index contributed by atoms with van der Waals surface area (Å²) in [4.78, 5) is 12.5. The zero-order valence-corrected chi connectivity index (χ0v) is 16.9. The predicted molar refractivity (Wildman–Crippen MR) is 105 cm³/mol. The van der Waals surface area contributed by atoms with Gasteiger partial charge >= 0.3 is 0 Å². The molecule has 9 heteroatoms. The fraction of sp³-hybridized carbons (Fsp3) is 0.278. The highest BCUT2D eigenvalue weighted by Gasteiger charge is 2.21. The molecule has 3 aromatic rings. The average molecular weight is 407 g/mol. The first kappa shape index (κ1) is 19.3. The Kier molecular flexibility index (Phi) is 5.76. The lowest BCUT2D eigenvalue weighted by molar-refractivity contribution is -0.115. The van der Waals surface area contributed by atoms with E-state index >= 15 is 0 Å². The first-order chi connectivity index (χ1) is 12.9. The van der Waals surface area contributed by atoms with Crippen LogP contribution >= 0.6 is 23.4 Å². The van der Waals surface area contributed by atoms with Gasteiger partial charge in [-0.05, 0) is 38.1 Å². The minimum atomic E-state index is -0.382. The Labute approximate surface area is 166 Å². The van der Waals surface area contributed by atoms with E-state index in [1.807, 2.05) is 31.5 Å². The molecule has 1 atom stereocenters. The molecule has 1 unspecified atom stereocenters. The van der Waals surface area contributed by atoms with Gasteiger partial charge < -0.3 is 19.0 Å². The fourth-order valence-electron chi connectivity index (χ4n) is 2.47. The van der Waals surface area contributed by atoms with Gasteiger partial charge in [0.2, 0.25) is 5.91 Å². The summed E-state index contributed by atoms with van der Waals surface area (Å²) in [6, 6.07) is 6.94. The van der Waals surface area contributed by atoms with Crippen molar-refractivity contribution in [2.45, 2.75) is 24.3 Å². The second-order valence-corrected chi connectivity index (χ2v) is 7.57. The number of carbonyl (C=O) groups excluding carboxylic acids is 1. The quantitative estimate of drug-likeness (QED) is 0.619. The number of methoxy groups -OCH3 is 1. The number of benzene rings is 1. The van der Waals surface area contributed by atoms with Crippen molar-refractivity contribution in [3.8, 4) is 17.1 Å². The zero-order valence-electron chi connectivity index (χ0n) is 15.3. The molecule has 27 heavy (non-hydrogen) atoms. The highest BCUT2D eigenvalue weighted by molar-refractivity contribution is 8.00. The molecule has 0 spiro atoms. The summed E-state index contributed by atoms with van der Waals surface area (Å²) < 4.78 is 12.3. The van der Waals surface area contributed by atoms with Crippen LogP contribution < -0.4 is 10.1 Å². The van der Waals surface area contributed by atoms with Crippen molar-refractivity contribution in [2.75, 3.05) is 12.4 Å². The average Bonchev–Trinajstić information content (AvgIpc) is 3.21. The molecular formula is C18H19ClN4O3S. The number of hydrogen-bond acceptors (Lipinski definition) is 6. The Morgan fingerprint density at radius 1 is 1.37 bits per heavy atom. The number of halogens is 1. The van der Waals surface area contributed by atoms with E-state index in [1.54, 1.807) is 31.6 Å². The van der Waals surface area contributed by atoms with Gasteiger partial charge in [0.25, 0.3) is 0 Å². The summed E-state index contributed by atoms with van der Waals surface area (Å²) in [5.41, 5.74) is 1.48. The molecule has 0 fully saturated rings. The number of furan rings is 1. The molecule has 1 N–H and O–H groups in total. The van der Waals surface area contributed by atoms with Gasteiger partial charge in [0.05, 0.1) is 29.2 Å². The van der Waals surface area contributed by atoms with E-state index in [0.29, 0.717) is 27.4 Å². The van der Waals surface area contributed by atoms with Gasteiger partial charge in [0, 0.05) is 12.7 Å². The number of ether oxygens (including phenoxy) is 1. The standard InChI is InChI=1S/C18H19ClN4O3S/c1-10-13(7-8-26-10)16-21-22-18(23(16)3)27-11(2)17(24)20-12-5-6-15(25-4)14(19)9-12/h5-9,11H,1-4H3,(H,20,24). The molecule has 1 amide bonds. The number of thioether (sulfide) groups is 1. The molecule has 2 heterocycles. The number of hydrogen-bond donors (Lipinski definition) is 1. The minimum absolute atomic E-state index is 0.162. The number of nitrogens with zero attached hydrogens (tertiary/aromatic N) is 3. The van der Waals surface area contributed by atoms with Crippen molar-refractivity contribution in [1.29, 1.82) is 0 Å². The van der Waals surface area contributed by atoms with Gasteiger partial charge in [-0.1, -0.05) is 23.4 Å². The maximum atomic E-state index is 12.5.